The van der Waals surface area contributed by atoms with Gasteiger partial charge in [0.1, 0.15) is 5.03 Å². The monoisotopic (exact) mass is 432 g/mol. The Hall–Kier alpha value is -2.82. The molecule has 1 amide bonds. The van der Waals surface area contributed by atoms with Crippen LogP contribution in [0.5, 0.6) is 0 Å². The van der Waals surface area contributed by atoms with E-state index in [0.717, 1.165) is 32.8 Å². The van der Waals surface area contributed by atoms with Gasteiger partial charge in [0.15, 0.2) is 0 Å². The van der Waals surface area contributed by atoms with Crippen LogP contribution in [0.25, 0.3) is 10.9 Å². The largest absolute Gasteiger partial charge is 0.348 e. The molecular formula is C25H21ClN2OS. The molecule has 0 saturated carbocycles. The molecule has 0 aliphatic carbocycles. The number of amides is 1. The molecule has 4 rings (SSSR count). The molecule has 0 bridgehead atoms. The summed E-state index contributed by atoms with van der Waals surface area (Å²) in [5.74, 6) is -0.110. The van der Waals surface area contributed by atoms with Crippen molar-refractivity contribution in [2.24, 2.45) is 0 Å². The summed E-state index contributed by atoms with van der Waals surface area (Å²) in [7, 11) is 0. The maximum atomic E-state index is 13.0. The number of fused-ring (bicyclic) bond motifs is 1. The zero-order valence-electron chi connectivity index (χ0n) is 16.6. The summed E-state index contributed by atoms with van der Waals surface area (Å²) >= 11 is 7.60. The zero-order chi connectivity index (χ0) is 20.9. The van der Waals surface area contributed by atoms with Crippen LogP contribution in [0, 0.1) is 0 Å². The molecule has 4 aromatic rings. The van der Waals surface area contributed by atoms with E-state index in [-0.39, 0.29) is 5.91 Å². The van der Waals surface area contributed by atoms with Gasteiger partial charge in [-0.25, -0.2) is 4.98 Å². The Balaban J connectivity index is 1.60. The predicted molar refractivity (Wildman–Crippen MR) is 124 cm³/mol. The number of halogens is 1. The fourth-order valence-corrected chi connectivity index (χ4v) is 4.36. The van der Waals surface area contributed by atoms with Crippen molar-refractivity contribution in [1.29, 1.82) is 0 Å². The fraction of sp³-hybridized carbons (Fsp3) is 0.120. The highest BCUT2D eigenvalue weighted by Crippen LogP contribution is 2.31. The second kappa shape index (κ2) is 9.33. The Labute approximate surface area is 185 Å². The summed E-state index contributed by atoms with van der Waals surface area (Å²) in [4.78, 5) is 18.7. The second-order valence-electron chi connectivity index (χ2n) is 6.94. The van der Waals surface area contributed by atoms with Gasteiger partial charge in [0.2, 0.25) is 0 Å². The molecule has 1 N–H and O–H groups in total. The second-order valence-corrected chi connectivity index (χ2v) is 8.47. The molecule has 3 nitrogen and oxygen atoms in total. The van der Waals surface area contributed by atoms with Gasteiger partial charge in [-0.15, -0.1) is 0 Å². The Bertz CT molecular complexity index is 1190. The van der Waals surface area contributed by atoms with Crippen LogP contribution in [0.3, 0.4) is 0 Å². The Kier molecular flexibility index (Phi) is 6.36. The number of hydrogen-bond acceptors (Lipinski definition) is 3. The van der Waals surface area contributed by atoms with E-state index in [1.54, 1.807) is 0 Å². The van der Waals surface area contributed by atoms with Crippen molar-refractivity contribution >= 4 is 40.2 Å². The lowest BCUT2D eigenvalue weighted by Crippen LogP contribution is -2.23. The van der Waals surface area contributed by atoms with Crippen LogP contribution in [0.2, 0.25) is 5.02 Å². The molecule has 0 aliphatic rings. The average molecular weight is 433 g/mol. The van der Waals surface area contributed by atoms with E-state index in [9.17, 15) is 4.79 Å². The highest BCUT2D eigenvalue weighted by atomic mass is 35.5. The number of nitrogens with one attached hydrogen (secondary N) is 1. The topological polar surface area (TPSA) is 42.0 Å². The smallest absolute Gasteiger partial charge is 0.252 e. The van der Waals surface area contributed by atoms with Crippen LogP contribution >= 0.6 is 23.4 Å². The molecule has 1 heterocycles. The fourth-order valence-electron chi connectivity index (χ4n) is 3.21. The maximum Gasteiger partial charge on any atom is 0.252 e. The van der Waals surface area contributed by atoms with Crippen molar-refractivity contribution in [1.82, 2.24) is 10.3 Å². The molecule has 150 valence electrons. The molecule has 30 heavy (non-hydrogen) atoms. The van der Waals surface area contributed by atoms with Crippen molar-refractivity contribution in [3.05, 3.63) is 101 Å². The number of carbonyl (C=O) groups is 1. The van der Waals surface area contributed by atoms with Gasteiger partial charge in [-0.05, 0) is 47.9 Å². The highest BCUT2D eigenvalue weighted by molar-refractivity contribution is 7.99. The van der Waals surface area contributed by atoms with E-state index >= 15 is 0 Å². The Morgan fingerprint density at radius 2 is 1.73 bits per heavy atom. The van der Waals surface area contributed by atoms with Gasteiger partial charge in [-0.2, -0.15) is 0 Å². The van der Waals surface area contributed by atoms with Crippen molar-refractivity contribution in [2.45, 2.75) is 29.8 Å². The summed E-state index contributed by atoms with van der Waals surface area (Å²) in [5.41, 5.74) is 3.78. The van der Waals surface area contributed by atoms with E-state index in [1.807, 2.05) is 54.6 Å². The van der Waals surface area contributed by atoms with Crippen LogP contribution in [0.4, 0.5) is 0 Å². The number of nitrogens with zero attached hydrogens (tertiary/aromatic N) is 1. The van der Waals surface area contributed by atoms with Crippen LogP contribution in [0.15, 0.2) is 88.8 Å². The molecule has 1 aromatic heterocycles. The molecule has 0 radical (unpaired) electrons. The quantitative estimate of drug-likeness (QED) is 0.376. The van der Waals surface area contributed by atoms with Crippen LogP contribution in [-0.4, -0.2) is 10.9 Å². The Morgan fingerprint density at radius 1 is 0.967 bits per heavy atom. The number of rotatable bonds is 6. The number of carbonyl (C=O) groups excluding carboxylic acids is 1. The van der Waals surface area contributed by atoms with Gasteiger partial charge in [-0.1, -0.05) is 78.8 Å². The van der Waals surface area contributed by atoms with Crippen molar-refractivity contribution in [3.63, 3.8) is 0 Å². The predicted octanol–water partition coefficient (Wildman–Crippen LogP) is 6.53. The third-order valence-electron chi connectivity index (χ3n) is 4.84. The van der Waals surface area contributed by atoms with Crippen molar-refractivity contribution < 1.29 is 4.79 Å². The minimum atomic E-state index is -0.110. The lowest BCUT2D eigenvalue weighted by molar-refractivity contribution is 0.0952. The number of hydrogen-bond donors (Lipinski definition) is 1. The first-order valence-electron chi connectivity index (χ1n) is 9.81. The first-order chi connectivity index (χ1) is 14.6. The lowest BCUT2D eigenvalue weighted by Gasteiger charge is -2.11. The first kappa shape index (κ1) is 20.5. The number of aryl methyl sites for hydroxylation is 1. The molecule has 0 atom stereocenters. The van der Waals surface area contributed by atoms with Crippen molar-refractivity contribution in [3.8, 4) is 0 Å². The summed E-state index contributed by atoms with van der Waals surface area (Å²) in [6, 6.07) is 25.5. The molecule has 0 unspecified atom stereocenters. The van der Waals surface area contributed by atoms with Crippen molar-refractivity contribution in [2.75, 3.05) is 0 Å². The number of benzene rings is 3. The van der Waals surface area contributed by atoms with E-state index in [1.165, 1.54) is 17.3 Å². The van der Waals surface area contributed by atoms with Crippen LogP contribution < -0.4 is 5.32 Å². The van der Waals surface area contributed by atoms with E-state index in [4.69, 9.17) is 16.6 Å². The molecule has 0 fully saturated rings. The van der Waals surface area contributed by atoms with Gasteiger partial charge in [0.25, 0.3) is 5.91 Å². The zero-order valence-corrected chi connectivity index (χ0v) is 18.1. The average Bonchev–Trinajstić information content (AvgIpc) is 2.77. The first-order valence-corrected chi connectivity index (χ1v) is 11.0. The van der Waals surface area contributed by atoms with Gasteiger partial charge in [0.05, 0.1) is 11.1 Å². The SMILES string of the molecule is CCc1ccc(CNC(=O)c2cc(Sc3cccc(Cl)c3)nc3ccccc23)cc1. The standard InChI is InChI=1S/C25H21ClN2OS/c1-2-17-10-12-18(13-11-17)16-27-25(29)22-15-24(28-23-9-4-3-8-21(22)23)30-20-7-5-6-19(26)14-20/h3-15H,2,16H2,1H3,(H,27,29). The van der Waals surface area contributed by atoms with Gasteiger partial charge < -0.3 is 5.32 Å². The minimum Gasteiger partial charge on any atom is -0.348 e. The summed E-state index contributed by atoms with van der Waals surface area (Å²) in [6.45, 7) is 2.61. The summed E-state index contributed by atoms with van der Waals surface area (Å²) in [6.07, 6.45) is 1.00. The lowest BCUT2D eigenvalue weighted by atomic mass is 10.1. The molecule has 5 heteroatoms. The molecule has 3 aromatic carbocycles. The number of para-hydroxylation sites is 1. The van der Waals surface area contributed by atoms with Crippen LogP contribution in [-0.2, 0) is 13.0 Å². The van der Waals surface area contributed by atoms with E-state index < -0.39 is 0 Å². The number of aromatic nitrogens is 1. The summed E-state index contributed by atoms with van der Waals surface area (Å²) in [5, 5.41) is 5.32. The third-order valence-corrected chi connectivity index (χ3v) is 5.98. The summed E-state index contributed by atoms with van der Waals surface area (Å²) < 4.78 is 0. The van der Waals surface area contributed by atoms with E-state index in [2.05, 4.69) is 36.5 Å². The molecular weight excluding hydrogens is 412 g/mol. The maximum absolute atomic E-state index is 13.0. The molecule has 0 saturated heterocycles. The third kappa shape index (κ3) is 4.84. The number of pyridine rings is 1. The Morgan fingerprint density at radius 3 is 2.50 bits per heavy atom. The molecule has 0 aliphatic heterocycles. The molecule has 0 spiro atoms. The van der Waals surface area contributed by atoms with Crippen LogP contribution in [0.1, 0.15) is 28.4 Å². The normalized spacial score (nSPS) is 10.9. The van der Waals surface area contributed by atoms with Gasteiger partial charge in [-0.3, -0.25) is 4.79 Å². The van der Waals surface area contributed by atoms with Gasteiger partial charge >= 0.3 is 0 Å². The van der Waals surface area contributed by atoms with E-state index in [0.29, 0.717) is 17.1 Å². The highest BCUT2D eigenvalue weighted by Gasteiger charge is 2.14. The minimum absolute atomic E-state index is 0.110. The van der Waals surface area contributed by atoms with Gasteiger partial charge in [0, 0.05) is 21.8 Å².